The minimum Gasteiger partial charge on any atom is -0.480 e. The Kier molecular flexibility index (Phi) is 8.55. The summed E-state index contributed by atoms with van der Waals surface area (Å²) < 4.78 is 28.6. The second-order valence-electron chi connectivity index (χ2n) is 10.5. The average molecular weight is 558 g/mol. The summed E-state index contributed by atoms with van der Waals surface area (Å²) in [4.78, 5) is 35.3. The number of pyridine rings is 1. The van der Waals surface area contributed by atoms with Crippen LogP contribution in [0.1, 0.15) is 48.8 Å². The molecule has 12 heteroatoms. The molecule has 1 fully saturated rings. The summed E-state index contributed by atoms with van der Waals surface area (Å²) >= 11 is 0. The Bertz CT molecular complexity index is 1320. The number of carboxylic acids is 1. The molecule has 3 N–H and O–H groups in total. The minimum absolute atomic E-state index is 0.0341. The molecule has 2 aliphatic rings. The van der Waals surface area contributed by atoms with Gasteiger partial charge in [-0.05, 0) is 75.6 Å². The number of amides is 1. The van der Waals surface area contributed by atoms with Crippen LogP contribution in [0.25, 0.3) is 0 Å². The van der Waals surface area contributed by atoms with Gasteiger partial charge in [0.2, 0.25) is 16.4 Å². The Balaban J connectivity index is 1.37. The highest BCUT2D eigenvalue weighted by Crippen LogP contribution is 2.41. The molecular formula is C27H35N5O6S. The van der Waals surface area contributed by atoms with Crippen LogP contribution in [0.2, 0.25) is 0 Å². The summed E-state index contributed by atoms with van der Waals surface area (Å²) in [7, 11) is -4.17. The number of carboxylic acid groups (broad SMARTS) is 1. The minimum atomic E-state index is -4.17. The first-order valence-electron chi connectivity index (χ1n) is 13.0. The zero-order valence-electron chi connectivity index (χ0n) is 22.4. The van der Waals surface area contributed by atoms with Crippen molar-refractivity contribution in [2.45, 2.75) is 69.4 Å². The molecule has 2 aromatic rings. The monoisotopic (exact) mass is 557 g/mol. The number of sulfonamides is 1. The van der Waals surface area contributed by atoms with Crippen LogP contribution in [-0.4, -0.2) is 66.4 Å². The molecule has 1 aliphatic carbocycles. The second kappa shape index (κ2) is 11.7. The van der Waals surface area contributed by atoms with Crippen molar-refractivity contribution >= 4 is 34.1 Å². The summed E-state index contributed by atoms with van der Waals surface area (Å²) in [5, 5.41) is 17.3. The van der Waals surface area contributed by atoms with Crippen LogP contribution in [0, 0.1) is 26.7 Å². The van der Waals surface area contributed by atoms with Gasteiger partial charge in [0.05, 0.1) is 17.9 Å². The van der Waals surface area contributed by atoms with Crippen LogP contribution in [-0.2, 0) is 24.4 Å². The molecule has 1 aliphatic heterocycles. The number of hydrogen-bond acceptors (Lipinski definition) is 8. The lowest BCUT2D eigenvalue weighted by Gasteiger charge is -2.35. The number of oxime groups is 1. The Morgan fingerprint density at radius 1 is 1.23 bits per heavy atom. The third-order valence-corrected chi connectivity index (χ3v) is 9.16. The van der Waals surface area contributed by atoms with Gasteiger partial charge in [0.25, 0.3) is 0 Å². The number of amidine groups is 1. The fraction of sp³-hybridized carbons (Fsp3) is 0.481. The first kappa shape index (κ1) is 28.5. The van der Waals surface area contributed by atoms with Crippen molar-refractivity contribution in [2.75, 3.05) is 18.4 Å². The van der Waals surface area contributed by atoms with Crippen LogP contribution >= 0.6 is 0 Å². The molecule has 1 amide bonds. The number of anilines is 1. The number of carbonyl (C=O) groups excluding carboxylic acids is 1. The fourth-order valence-electron chi connectivity index (χ4n) is 5.46. The van der Waals surface area contributed by atoms with E-state index in [0.717, 1.165) is 48.5 Å². The third kappa shape index (κ3) is 6.74. The Morgan fingerprint density at radius 3 is 2.51 bits per heavy atom. The van der Waals surface area contributed by atoms with E-state index in [1.165, 1.54) is 0 Å². The van der Waals surface area contributed by atoms with E-state index in [-0.39, 0.29) is 4.90 Å². The molecule has 1 aromatic heterocycles. The van der Waals surface area contributed by atoms with Gasteiger partial charge < -0.3 is 15.3 Å². The van der Waals surface area contributed by atoms with Crippen LogP contribution in [0.5, 0.6) is 0 Å². The molecule has 4 rings (SSSR count). The molecule has 1 atom stereocenters. The van der Waals surface area contributed by atoms with Crippen molar-refractivity contribution in [3.05, 3.63) is 53.2 Å². The van der Waals surface area contributed by atoms with Crippen LogP contribution in [0.3, 0.4) is 0 Å². The summed E-state index contributed by atoms with van der Waals surface area (Å²) in [5.74, 6) is 0.164. The zero-order valence-corrected chi connectivity index (χ0v) is 23.2. The van der Waals surface area contributed by atoms with Gasteiger partial charge in [0.15, 0.2) is 5.84 Å². The van der Waals surface area contributed by atoms with Crippen molar-refractivity contribution in [1.29, 1.82) is 0 Å². The number of aliphatic carboxylic acids is 1. The Morgan fingerprint density at radius 2 is 1.92 bits per heavy atom. The quantitative estimate of drug-likeness (QED) is 0.377. The lowest BCUT2D eigenvalue weighted by atomic mass is 9.77. The van der Waals surface area contributed by atoms with Gasteiger partial charge in [0, 0.05) is 12.7 Å². The molecule has 1 aromatic carbocycles. The maximum absolute atomic E-state index is 13.2. The molecule has 11 nitrogen and oxygen atoms in total. The van der Waals surface area contributed by atoms with Crippen molar-refractivity contribution in [3.8, 4) is 0 Å². The van der Waals surface area contributed by atoms with Gasteiger partial charge in [-0.3, -0.25) is 14.5 Å². The molecule has 39 heavy (non-hydrogen) atoms. The number of nitrogens with zero attached hydrogens (tertiary/aromatic N) is 3. The first-order chi connectivity index (χ1) is 18.5. The maximum atomic E-state index is 13.2. The van der Waals surface area contributed by atoms with Crippen LogP contribution in [0.15, 0.2) is 46.6 Å². The topological polar surface area (TPSA) is 150 Å². The van der Waals surface area contributed by atoms with Crippen molar-refractivity contribution in [1.82, 2.24) is 14.6 Å². The fourth-order valence-corrected chi connectivity index (χ4v) is 7.09. The van der Waals surface area contributed by atoms with Crippen molar-refractivity contribution in [3.63, 3.8) is 0 Å². The van der Waals surface area contributed by atoms with Gasteiger partial charge in [0.1, 0.15) is 17.5 Å². The smallest absolute Gasteiger partial charge is 0.323 e. The first-order valence-corrected chi connectivity index (χ1v) is 14.4. The van der Waals surface area contributed by atoms with Gasteiger partial charge in [-0.15, -0.1) is 0 Å². The van der Waals surface area contributed by atoms with Crippen molar-refractivity contribution in [2.24, 2.45) is 11.1 Å². The number of hydrogen-bond donors (Lipinski definition) is 3. The van der Waals surface area contributed by atoms with Crippen LogP contribution < -0.4 is 10.0 Å². The number of carbonyl (C=O) groups is 2. The third-order valence-electron chi connectivity index (χ3n) is 7.39. The maximum Gasteiger partial charge on any atom is 0.323 e. The van der Waals surface area contributed by atoms with E-state index in [1.54, 1.807) is 32.2 Å². The number of benzene rings is 1. The highest BCUT2D eigenvalue weighted by Gasteiger charge is 2.44. The summed E-state index contributed by atoms with van der Waals surface area (Å²) in [6.45, 7) is 5.55. The Hall–Kier alpha value is -3.51. The molecule has 0 bridgehead atoms. The highest BCUT2D eigenvalue weighted by molar-refractivity contribution is 7.89. The van der Waals surface area contributed by atoms with E-state index < -0.39 is 34.2 Å². The standard InChI is InChI=1S/C27H35N5O6S/c1-18-12-19(2)25(20(3)13-18)39(36,37)31-22(26(34)35)16-32(17-33)24-14-27(38-30-24)9-7-21(8-10-27)15-29-23-6-4-5-11-28-23/h4-6,11-13,17,21-22,31H,7-10,14-16H2,1-3H3,(H,28,29)(H,34,35)/t21?,22-,27?/m0/s1. The zero-order chi connectivity index (χ0) is 28.2. The van der Waals surface area contributed by atoms with Gasteiger partial charge in [-0.1, -0.05) is 28.9 Å². The van der Waals surface area contributed by atoms with E-state index in [9.17, 15) is 23.1 Å². The normalized spacial score (nSPS) is 21.6. The summed E-state index contributed by atoms with van der Waals surface area (Å²) in [6.07, 6.45) is 5.84. The summed E-state index contributed by atoms with van der Waals surface area (Å²) in [6, 6.07) is 7.59. The van der Waals surface area contributed by atoms with Gasteiger partial charge >= 0.3 is 5.97 Å². The lowest BCUT2D eigenvalue weighted by molar-refractivity contribution is -0.139. The van der Waals surface area contributed by atoms with Crippen LogP contribution in [0.4, 0.5) is 5.82 Å². The lowest BCUT2D eigenvalue weighted by Crippen LogP contribution is -2.50. The number of nitrogens with one attached hydrogen (secondary N) is 2. The number of rotatable bonds is 10. The van der Waals surface area contributed by atoms with E-state index in [4.69, 9.17) is 4.84 Å². The predicted molar refractivity (Wildman–Crippen MR) is 146 cm³/mol. The van der Waals surface area contributed by atoms with E-state index >= 15 is 0 Å². The van der Waals surface area contributed by atoms with Crippen molar-refractivity contribution < 1.29 is 28.0 Å². The van der Waals surface area contributed by atoms with Gasteiger partial charge in [-0.2, -0.15) is 4.72 Å². The van der Waals surface area contributed by atoms with E-state index in [2.05, 4.69) is 20.2 Å². The second-order valence-corrected chi connectivity index (χ2v) is 12.1. The highest BCUT2D eigenvalue weighted by atomic mass is 32.2. The summed E-state index contributed by atoms with van der Waals surface area (Å²) in [5.41, 5.74) is 1.37. The SMILES string of the molecule is Cc1cc(C)c(S(=O)(=O)N[C@@H](CN(C=O)C2=NOC3(CCC(CNc4ccccn4)CC3)C2)C(=O)O)c(C)c1. The van der Waals surface area contributed by atoms with Gasteiger partial charge in [-0.25, -0.2) is 13.4 Å². The Labute approximate surface area is 228 Å². The molecule has 1 spiro atoms. The largest absolute Gasteiger partial charge is 0.480 e. The molecule has 0 radical (unpaired) electrons. The molecule has 2 heterocycles. The molecule has 1 saturated carbocycles. The van der Waals surface area contributed by atoms with E-state index in [0.29, 0.717) is 35.7 Å². The molecular weight excluding hydrogens is 522 g/mol. The number of aryl methyl sites for hydroxylation is 3. The predicted octanol–water partition coefficient (Wildman–Crippen LogP) is 2.97. The van der Waals surface area contributed by atoms with E-state index in [1.807, 2.05) is 25.1 Å². The average Bonchev–Trinajstić information content (AvgIpc) is 3.29. The number of aromatic nitrogens is 1. The molecule has 0 unspecified atom stereocenters. The molecule has 0 saturated heterocycles. The molecule has 210 valence electrons.